The Labute approximate surface area is 229 Å². The molecule has 2 aliphatic heterocycles. The van der Waals surface area contributed by atoms with Gasteiger partial charge in [-0.25, -0.2) is 0 Å². The lowest BCUT2D eigenvalue weighted by Crippen LogP contribution is -2.34. The molecule has 4 aromatic rings. The maximum Gasteiger partial charge on any atom is 0.232 e. The van der Waals surface area contributed by atoms with E-state index < -0.39 is 0 Å². The van der Waals surface area contributed by atoms with E-state index in [0.29, 0.717) is 17.6 Å². The maximum atomic E-state index is 5.64. The molecule has 0 saturated heterocycles. The zero-order valence-electron chi connectivity index (χ0n) is 21.7. The monoisotopic (exact) mass is 520 g/mol. The molecule has 0 bridgehead atoms. The van der Waals surface area contributed by atoms with E-state index >= 15 is 0 Å². The van der Waals surface area contributed by atoms with Crippen molar-refractivity contribution in [1.82, 2.24) is 15.3 Å². The number of thiocarbonyl (C=S) groups is 1. The highest BCUT2D eigenvalue weighted by Gasteiger charge is 2.22. The van der Waals surface area contributed by atoms with Gasteiger partial charge >= 0.3 is 0 Å². The molecule has 2 N–H and O–H groups in total. The van der Waals surface area contributed by atoms with Crippen molar-refractivity contribution < 1.29 is 0 Å². The van der Waals surface area contributed by atoms with E-state index in [1.165, 1.54) is 33.4 Å². The second kappa shape index (κ2) is 10.8. The highest BCUT2D eigenvalue weighted by molar-refractivity contribution is 7.80. The van der Waals surface area contributed by atoms with E-state index in [1.54, 1.807) is 0 Å². The molecule has 3 heterocycles. The Bertz CT molecular complexity index is 1380. The van der Waals surface area contributed by atoms with E-state index in [1.807, 2.05) is 0 Å². The van der Waals surface area contributed by atoms with Gasteiger partial charge in [0.2, 0.25) is 5.95 Å². The molecule has 7 heteroatoms. The lowest BCUT2D eigenvalue weighted by molar-refractivity contribution is 0.706. The molecule has 0 radical (unpaired) electrons. The van der Waals surface area contributed by atoms with Gasteiger partial charge in [-0.05, 0) is 59.8 Å². The minimum absolute atomic E-state index is 0.515. The minimum Gasteiger partial charge on any atom is -0.358 e. The van der Waals surface area contributed by atoms with Crippen LogP contribution in [0.1, 0.15) is 33.4 Å². The topological polar surface area (TPSA) is 56.3 Å². The summed E-state index contributed by atoms with van der Waals surface area (Å²) in [6.07, 6.45) is 2.01. The summed E-state index contributed by atoms with van der Waals surface area (Å²) in [5.41, 5.74) is 7.98. The molecule has 0 amide bonds. The Morgan fingerprint density at radius 3 is 1.84 bits per heavy atom. The Morgan fingerprint density at radius 1 is 0.763 bits per heavy atom. The van der Waals surface area contributed by atoms with Crippen molar-refractivity contribution >= 4 is 34.9 Å². The smallest absolute Gasteiger partial charge is 0.232 e. The van der Waals surface area contributed by atoms with Gasteiger partial charge in [-0.1, -0.05) is 78.4 Å². The van der Waals surface area contributed by atoms with Crippen LogP contribution in [-0.4, -0.2) is 28.2 Å². The van der Waals surface area contributed by atoms with Gasteiger partial charge < -0.3 is 20.4 Å². The normalized spacial score (nSPS) is 14.4. The molecule has 2 aliphatic rings. The van der Waals surface area contributed by atoms with Crippen molar-refractivity contribution in [2.75, 3.05) is 28.2 Å². The molecule has 38 heavy (non-hydrogen) atoms. The molecule has 0 fully saturated rings. The Hall–Kier alpha value is -3.97. The van der Waals surface area contributed by atoms with Crippen LogP contribution in [0.4, 0.5) is 17.6 Å². The standard InChI is InChI=1S/C31H32N6S/c1-22-10-12-23(13-11-22)19-32-31(38)35-30-33-28(36-16-14-24-6-2-4-8-26(24)20-36)18-29(34-30)37-17-15-25-7-3-5-9-27(25)21-37/h2-13,18H,14-17,19-21H2,1H3,(H2,32,33,34,35,38). The van der Waals surface area contributed by atoms with E-state index in [9.17, 15) is 0 Å². The average molecular weight is 521 g/mol. The highest BCUT2D eigenvalue weighted by Crippen LogP contribution is 2.29. The predicted molar refractivity (Wildman–Crippen MR) is 159 cm³/mol. The van der Waals surface area contributed by atoms with Crippen LogP contribution in [-0.2, 0) is 32.5 Å². The maximum absolute atomic E-state index is 5.64. The van der Waals surface area contributed by atoms with Crippen LogP contribution in [0.5, 0.6) is 0 Å². The zero-order chi connectivity index (χ0) is 25.9. The number of benzene rings is 3. The minimum atomic E-state index is 0.515. The number of aromatic nitrogens is 2. The lowest BCUT2D eigenvalue weighted by Gasteiger charge is -2.33. The van der Waals surface area contributed by atoms with Crippen LogP contribution in [0.15, 0.2) is 78.9 Å². The summed E-state index contributed by atoms with van der Waals surface area (Å²) < 4.78 is 0. The first-order chi connectivity index (χ1) is 18.6. The molecule has 0 aliphatic carbocycles. The van der Waals surface area contributed by atoms with Crippen molar-refractivity contribution in [1.29, 1.82) is 0 Å². The number of nitrogens with zero attached hydrogens (tertiary/aromatic N) is 4. The van der Waals surface area contributed by atoms with Gasteiger partial charge in [-0.15, -0.1) is 0 Å². The predicted octanol–water partition coefficient (Wildman–Crippen LogP) is 5.40. The lowest BCUT2D eigenvalue weighted by atomic mass is 9.99. The van der Waals surface area contributed by atoms with Gasteiger partial charge in [0.25, 0.3) is 0 Å². The third-order valence-electron chi connectivity index (χ3n) is 7.41. The third kappa shape index (κ3) is 5.48. The largest absolute Gasteiger partial charge is 0.358 e. The first-order valence-electron chi connectivity index (χ1n) is 13.2. The molecular formula is C31H32N6S. The van der Waals surface area contributed by atoms with E-state index in [4.69, 9.17) is 22.2 Å². The summed E-state index contributed by atoms with van der Waals surface area (Å²) in [5.74, 6) is 2.37. The number of aryl methyl sites for hydroxylation is 1. The number of fused-ring (bicyclic) bond motifs is 2. The van der Waals surface area contributed by atoms with Crippen LogP contribution < -0.4 is 20.4 Å². The first kappa shape index (κ1) is 24.4. The summed E-state index contributed by atoms with van der Waals surface area (Å²) in [6.45, 7) is 6.26. The molecule has 0 atom stereocenters. The van der Waals surface area contributed by atoms with Crippen molar-refractivity contribution in [3.05, 3.63) is 112 Å². The van der Waals surface area contributed by atoms with Gasteiger partial charge in [0.1, 0.15) is 11.6 Å². The summed E-state index contributed by atoms with van der Waals surface area (Å²) in [5, 5.41) is 7.09. The number of hydrogen-bond acceptors (Lipinski definition) is 5. The number of nitrogens with one attached hydrogen (secondary N) is 2. The average Bonchev–Trinajstić information content (AvgIpc) is 2.96. The quantitative estimate of drug-likeness (QED) is 0.342. The van der Waals surface area contributed by atoms with Gasteiger partial charge in [0, 0.05) is 38.8 Å². The summed E-state index contributed by atoms with van der Waals surface area (Å²) >= 11 is 5.64. The fourth-order valence-electron chi connectivity index (χ4n) is 5.22. The van der Waals surface area contributed by atoms with Crippen LogP contribution in [0.2, 0.25) is 0 Å². The van der Waals surface area contributed by atoms with Gasteiger partial charge in [-0.3, -0.25) is 0 Å². The second-order valence-electron chi connectivity index (χ2n) is 10.1. The van der Waals surface area contributed by atoms with E-state index in [0.717, 1.165) is 50.7 Å². The van der Waals surface area contributed by atoms with Crippen LogP contribution in [0, 0.1) is 6.92 Å². The summed E-state index contributed by atoms with van der Waals surface area (Å²) in [7, 11) is 0. The highest BCUT2D eigenvalue weighted by atomic mass is 32.1. The number of rotatable bonds is 5. The molecule has 192 valence electrons. The van der Waals surface area contributed by atoms with Crippen molar-refractivity contribution in [3.63, 3.8) is 0 Å². The van der Waals surface area contributed by atoms with Gasteiger partial charge in [0.15, 0.2) is 5.11 Å². The third-order valence-corrected chi connectivity index (χ3v) is 7.65. The molecule has 0 spiro atoms. The Morgan fingerprint density at radius 2 is 1.29 bits per heavy atom. The van der Waals surface area contributed by atoms with Crippen molar-refractivity contribution in [2.24, 2.45) is 0 Å². The van der Waals surface area contributed by atoms with Crippen LogP contribution in [0.3, 0.4) is 0 Å². The number of hydrogen-bond donors (Lipinski definition) is 2. The van der Waals surface area contributed by atoms with Crippen molar-refractivity contribution in [2.45, 2.75) is 39.4 Å². The summed E-state index contributed by atoms with van der Waals surface area (Å²) in [6, 6.07) is 28.0. The first-order valence-corrected chi connectivity index (χ1v) is 13.6. The molecule has 0 unspecified atom stereocenters. The fourth-order valence-corrected chi connectivity index (χ4v) is 5.38. The molecule has 0 saturated carbocycles. The van der Waals surface area contributed by atoms with Crippen LogP contribution >= 0.6 is 12.2 Å². The second-order valence-corrected chi connectivity index (χ2v) is 10.5. The van der Waals surface area contributed by atoms with Crippen molar-refractivity contribution in [3.8, 4) is 0 Å². The molecule has 6 rings (SSSR count). The summed E-state index contributed by atoms with van der Waals surface area (Å²) in [4.78, 5) is 14.5. The number of anilines is 3. The molecule has 3 aromatic carbocycles. The van der Waals surface area contributed by atoms with Crippen LogP contribution in [0.25, 0.3) is 0 Å². The Kier molecular flexibility index (Phi) is 6.92. The van der Waals surface area contributed by atoms with Gasteiger partial charge in [-0.2, -0.15) is 9.97 Å². The Balaban J connectivity index is 1.25. The molecular weight excluding hydrogens is 488 g/mol. The van der Waals surface area contributed by atoms with E-state index in [2.05, 4.69) is 106 Å². The SMILES string of the molecule is Cc1ccc(CNC(=S)Nc2nc(N3CCc4ccccc4C3)cc(N3CCc4ccccc4C3)n2)cc1. The fraction of sp³-hybridized carbons (Fsp3) is 0.258. The zero-order valence-corrected chi connectivity index (χ0v) is 22.5. The van der Waals surface area contributed by atoms with Gasteiger partial charge in [0.05, 0.1) is 0 Å². The molecule has 1 aromatic heterocycles. The molecule has 6 nitrogen and oxygen atoms in total. The van der Waals surface area contributed by atoms with E-state index in [-0.39, 0.29) is 0 Å².